The molecule has 0 spiro atoms. The van der Waals surface area contributed by atoms with Crippen LogP contribution in [-0.4, -0.2) is 155 Å². The van der Waals surface area contributed by atoms with Crippen molar-refractivity contribution in [3.63, 3.8) is 0 Å². The van der Waals surface area contributed by atoms with E-state index in [0.29, 0.717) is 105 Å². The molecule has 12 heterocycles. The molecule has 12 aromatic rings. The molecule has 0 fully saturated rings. The lowest BCUT2D eigenvalue weighted by molar-refractivity contribution is 0.174. The maximum Gasteiger partial charge on any atom is 0.231 e. The van der Waals surface area contributed by atoms with Crippen molar-refractivity contribution in [2.45, 2.75) is 198 Å². The second-order valence-corrected chi connectivity index (χ2v) is 36.6. The van der Waals surface area contributed by atoms with Crippen LogP contribution in [0, 0.1) is 37.5 Å². The molecular weight excluding hydrogens is 2040 g/mol. The number of hydrogen-bond donors (Lipinski definition) is 8. The molecule has 16 rings (SSSR count). The zero-order valence-corrected chi connectivity index (χ0v) is 76.4. The molecule has 0 saturated carbocycles. The van der Waals surface area contributed by atoms with Crippen molar-refractivity contribution in [2.24, 2.45) is 0 Å². The monoisotopic (exact) mass is 2130 g/mol. The quantitative estimate of drug-likeness (QED) is 0.00977. The molecule has 0 atom stereocenters. The molecule has 41 heteroatoms. The van der Waals surface area contributed by atoms with Crippen LogP contribution in [-0.2, 0) is 45.4 Å². The maximum absolute atomic E-state index is 15.2. The molecule has 29 nitrogen and oxygen atoms in total. The number of nitrogen functional groups attached to an aromatic ring is 4. The third kappa shape index (κ3) is 20.9. The van der Waals surface area contributed by atoms with Crippen LogP contribution in [0.5, 0.6) is 28.7 Å². The van der Waals surface area contributed by atoms with Gasteiger partial charge >= 0.3 is 0 Å². The number of hydrogen-bond acceptors (Lipinski definition) is 29. The van der Waals surface area contributed by atoms with Crippen LogP contribution in [0.3, 0.4) is 0 Å². The summed E-state index contributed by atoms with van der Waals surface area (Å²) in [6.45, 7) is 24.8. The van der Waals surface area contributed by atoms with Crippen LogP contribution in [0.25, 0.3) is 44.7 Å². The second-order valence-electron chi connectivity index (χ2n) is 28.1. The maximum atomic E-state index is 15.2. The normalized spacial score (nSPS) is 13.1. The average molecular weight is 2130 g/mol. The van der Waals surface area contributed by atoms with Crippen molar-refractivity contribution < 1.29 is 41.2 Å². The smallest absolute Gasteiger partial charge is 0.231 e. The van der Waals surface area contributed by atoms with Crippen molar-refractivity contribution in [3.8, 4) is 28.7 Å². The second kappa shape index (κ2) is 40.7. The van der Waals surface area contributed by atoms with Gasteiger partial charge in [-0.1, -0.05) is 86.3 Å². The first-order valence-electron chi connectivity index (χ1n) is 37.5. The molecule has 8 aromatic heterocycles. The van der Waals surface area contributed by atoms with E-state index in [1.807, 2.05) is 66.4 Å². The largest absolute Gasteiger partial charge is 0.493 e. The minimum atomic E-state index is -0.532. The van der Waals surface area contributed by atoms with Gasteiger partial charge in [0.2, 0.25) is 6.79 Å². The summed E-state index contributed by atoms with van der Waals surface area (Å²) < 4.78 is 97.7. The van der Waals surface area contributed by atoms with Gasteiger partial charge in [-0.25, -0.2) is 77.4 Å². The fraction of sp³-hybridized carbons (Fsp3) is 0.421. The number of rotatable bonds is 28. The molecule has 117 heavy (non-hydrogen) atoms. The summed E-state index contributed by atoms with van der Waals surface area (Å²) in [6.07, 6.45) is 11.0. The number of nitrogens with two attached hydrogens (primary N) is 4. The summed E-state index contributed by atoms with van der Waals surface area (Å²) in [4.78, 5) is 55.0. The van der Waals surface area contributed by atoms with Gasteiger partial charge in [-0.3, -0.25) is 0 Å². The van der Waals surface area contributed by atoms with Crippen molar-refractivity contribution in [3.05, 3.63) is 104 Å². The van der Waals surface area contributed by atoms with Gasteiger partial charge in [-0.05, 0) is 196 Å². The number of anilines is 4. The van der Waals surface area contributed by atoms with E-state index in [1.54, 1.807) is 23.5 Å². The summed E-state index contributed by atoms with van der Waals surface area (Å²) in [5.41, 5.74) is 30.8. The lowest BCUT2D eigenvalue weighted by atomic mass is 10.1. The minimum absolute atomic E-state index is 0. The van der Waals surface area contributed by atoms with E-state index in [-0.39, 0.29) is 78.6 Å². The lowest BCUT2D eigenvalue weighted by Crippen LogP contribution is -2.24. The Kier molecular flexibility index (Phi) is 31.1. The third-order valence-electron chi connectivity index (χ3n) is 18.4. The summed E-state index contributed by atoms with van der Waals surface area (Å²) >= 11 is 13.7. The van der Waals surface area contributed by atoms with Gasteiger partial charge < -0.3 is 86.2 Å². The highest BCUT2D eigenvalue weighted by Gasteiger charge is 2.33. The number of ether oxygens (including phenoxy) is 5. The number of fused-ring (bicyclic) bond motifs is 8. The van der Waals surface area contributed by atoms with Gasteiger partial charge in [0.1, 0.15) is 42.7 Å². The number of nitrogens with zero attached hydrogens (tertiary/aromatic N) is 16. The number of halogens is 8. The minimum Gasteiger partial charge on any atom is -0.493 e. The zero-order valence-electron chi connectivity index (χ0n) is 64.5. The molecule has 0 saturated heterocycles. The first-order valence-corrected chi connectivity index (χ1v) is 45.1. The predicted octanol–water partition coefficient (Wildman–Crippen LogP) is 14.9. The number of nitrogens with one attached hydrogen (secondary N) is 4. The molecule has 4 aliphatic rings. The number of imidazole rings is 4. The van der Waals surface area contributed by atoms with Crippen LogP contribution < -0.4 is 67.9 Å². The molecule has 0 amide bonds. The van der Waals surface area contributed by atoms with Crippen molar-refractivity contribution >= 4 is 205 Å². The zero-order chi connectivity index (χ0) is 82.2. The van der Waals surface area contributed by atoms with Crippen LogP contribution in [0.1, 0.15) is 105 Å². The fourth-order valence-corrected chi connectivity index (χ4v) is 19.8. The molecule has 0 unspecified atom stereocenters. The Morgan fingerprint density at radius 2 is 0.718 bits per heavy atom. The molecule has 4 aliphatic heterocycles. The standard InChI is InChI=1S/2C19H21F2IN6OS.C19H23IN6OS.C18H21IN6O2S.CH4/c2*1-9(2)24-5-3-6-28-18-14(17(23)25-8-26-18)27-19(28)30-16-11(20)10-4-7-29-15(10)12(21)13(16)22;1-11(2)22-5-3-6-26-18-16(17(21)23-10-24-18)25-19(26)28-15-8-12-4-7-27-14(12)9-13(15)20;1-10(2)21-4-3-5-25-17-15(16(20)22-8-23-17)24-18(25)28-14-7-13-12(6-11(14)19)26-9-27-13;/h2*8-9,24H,3-7H2,1-2H3,(H2,23,25,26);8-11,22H,3-7H2,1-2H3,(H2,21,23,24);6-8,10,21H,3-5,9H2,1-2H3,(H2,20,22,23);1H4/i20+0,21+0;21-1;27-1;;. The summed E-state index contributed by atoms with van der Waals surface area (Å²) in [6, 6.07) is 10.00. The summed E-state index contributed by atoms with van der Waals surface area (Å²) in [5, 5.41) is 16.4. The van der Waals surface area contributed by atoms with Gasteiger partial charge in [0, 0.05) is 97.7 Å². The van der Waals surface area contributed by atoms with E-state index in [2.05, 4.69) is 193 Å². The Balaban J connectivity index is 0.000000143. The molecule has 0 aliphatic carbocycles. The van der Waals surface area contributed by atoms with Crippen molar-refractivity contribution in [1.82, 2.24) is 99.3 Å². The SMILES string of the molecule is C.CC(C)NCCCn1c(Sc2c(F)c3c(c([18F])c2I)OCC3)nc2c(N)ncnc21.CC(C)NCCCn1c(Sc2c([19F])c3c(c([19F])c2I)OCC3)nc2c(N)ncnc21.CC(C)NCCCn1c(Sc2cc3c(cc2I)OCO3)nc2c(N)ncnc21.CC(C)NCCCn1c(Sc2cc3c(cc2I)[15O]CC3)nc2c(N)ncnc21. The van der Waals surface area contributed by atoms with Gasteiger partial charge in [0.15, 0.2) is 123 Å². The molecular formula is C76H90F4I4N24O5S4. The topological polar surface area (TPSA) is 373 Å². The number of benzene rings is 4. The van der Waals surface area contributed by atoms with E-state index in [0.717, 1.165) is 152 Å². The number of aryl methyl sites for hydroxylation is 4. The van der Waals surface area contributed by atoms with Crippen LogP contribution in [0.15, 0.2) is 89.8 Å². The van der Waals surface area contributed by atoms with Crippen LogP contribution in [0.2, 0.25) is 0 Å². The molecule has 624 valence electrons. The Morgan fingerprint density at radius 3 is 1.07 bits per heavy atom. The number of aromatic nitrogens is 16. The fourth-order valence-electron chi connectivity index (χ4n) is 12.7. The molecule has 4 aromatic carbocycles. The van der Waals surface area contributed by atoms with Crippen molar-refractivity contribution in [2.75, 3.05) is 75.7 Å². The van der Waals surface area contributed by atoms with Gasteiger partial charge in [0.25, 0.3) is 0 Å². The average Bonchev–Trinajstić information content (AvgIpc) is 1.64. The van der Waals surface area contributed by atoms with E-state index in [9.17, 15) is 8.78 Å². The highest BCUT2D eigenvalue weighted by molar-refractivity contribution is 14.1. The third-order valence-corrected chi connectivity index (χ3v) is 27.9. The van der Waals surface area contributed by atoms with Crippen LogP contribution in [0.4, 0.5) is 40.8 Å². The van der Waals surface area contributed by atoms with E-state index < -0.39 is 23.3 Å². The molecule has 0 radical (unpaired) electrons. The summed E-state index contributed by atoms with van der Waals surface area (Å²) in [7, 11) is 0. The van der Waals surface area contributed by atoms with Gasteiger partial charge in [-0.2, -0.15) is 0 Å². The van der Waals surface area contributed by atoms with Crippen LogP contribution >= 0.6 is 137 Å². The lowest BCUT2D eigenvalue weighted by Gasteiger charge is -2.13. The Labute approximate surface area is 745 Å². The van der Waals surface area contributed by atoms with E-state index >= 15 is 8.78 Å². The Morgan fingerprint density at radius 1 is 0.402 bits per heavy atom. The first-order chi connectivity index (χ1) is 55.8. The molecule has 12 N–H and O–H groups in total. The molecule has 0 bridgehead atoms. The van der Waals surface area contributed by atoms with E-state index in [4.69, 9.17) is 56.6 Å². The highest BCUT2D eigenvalue weighted by Crippen LogP contribution is 2.47. The Hall–Kier alpha value is -6.84. The van der Waals surface area contributed by atoms with E-state index in [1.165, 1.54) is 35.8 Å². The van der Waals surface area contributed by atoms with Gasteiger partial charge in [-0.15, -0.1) is 0 Å². The Bertz CT molecular complexity index is 5240. The first kappa shape index (κ1) is 89.4. The van der Waals surface area contributed by atoms with Crippen molar-refractivity contribution in [1.29, 1.82) is 0 Å². The van der Waals surface area contributed by atoms with Gasteiger partial charge in [0.05, 0.1) is 36.8 Å². The highest BCUT2D eigenvalue weighted by atomic mass is 127. The predicted molar refractivity (Wildman–Crippen MR) is 483 cm³/mol. The summed E-state index contributed by atoms with van der Waals surface area (Å²) in [5.74, 6) is 1.90.